The molecule has 36 heavy (non-hydrogen) atoms. The monoisotopic (exact) mass is 533 g/mol. The second-order valence-electron chi connectivity index (χ2n) is 7.40. The molecule has 0 saturated heterocycles. The minimum absolute atomic E-state index is 0.0918. The smallest absolute Gasteiger partial charge is 0.438 e. The average molecular weight is 534 g/mol. The van der Waals surface area contributed by atoms with Crippen molar-refractivity contribution in [3.63, 3.8) is 0 Å². The quantitative estimate of drug-likeness (QED) is 0.470. The lowest BCUT2D eigenvalue weighted by atomic mass is 10.1. The van der Waals surface area contributed by atoms with E-state index in [1.165, 1.54) is 16.7 Å². The van der Waals surface area contributed by atoms with Gasteiger partial charge in [-0.05, 0) is 55.3 Å². The van der Waals surface area contributed by atoms with Gasteiger partial charge >= 0.3 is 12.2 Å². The summed E-state index contributed by atoms with van der Waals surface area (Å²) in [6, 6.07) is 7.73. The summed E-state index contributed by atoms with van der Waals surface area (Å²) in [5, 5.41) is 3.45. The van der Waals surface area contributed by atoms with Gasteiger partial charge in [0.2, 0.25) is 0 Å². The topological polar surface area (TPSA) is 132 Å². The number of hydrogen-bond donors (Lipinski definition) is 2. The van der Waals surface area contributed by atoms with Crippen molar-refractivity contribution in [2.24, 2.45) is 0 Å². The summed E-state index contributed by atoms with van der Waals surface area (Å²) in [5.74, 6) is -1.18. The Labute approximate surface area is 215 Å². The van der Waals surface area contributed by atoms with Crippen LogP contribution in [0.15, 0.2) is 42.7 Å². The molecular weight excluding hydrogens is 513 g/mol. The van der Waals surface area contributed by atoms with E-state index in [2.05, 4.69) is 25.2 Å². The number of hydrazine groups is 1. The molecule has 0 aliphatic rings. The summed E-state index contributed by atoms with van der Waals surface area (Å²) in [6.07, 6.45) is 0.842. The molecule has 0 saturated carbocycles. The number of benzene rings is 1. The molecule has 2 heterocycles. The molecule has 3 rings (SSSR count). The van der Waals surface area contributed by atoms with Crippen LogP contribution in [-0.2, 0) is 9.47 Å². The largest absolute Gasteiger partial charge is 0.451 e. The number of halogens is 2. The molecule has 13 heteroatoms. The Morgan fingerprint density at radius 2 is 1.67 bits per heavy atom. The van der Waals surface area contributed by atoms with Crippen molar-refractivity contribution < 1.29 is 28.7 Å². The van der Waals surface area contributed by atoms with Gasteiger partial charge in [-0.15, -0.1) is 5.01 Å². The molecule has 188 valence electrons. The lowest BCUT2D eigenvalue weighted by Crippen LogP contribution is -2.50. The number of methoxy groups -OCH3 is 2. The van der Waals surface area contributed by atoms with Gasteiger partial charge in [0.15, 0.2) is 5.82 Å². The van der Waals surface area contributed by atoms with Crippen LogP contribution in [0.4, 0.5) is 15.3 Å². The number of aryl methyl sites for hydroxylation is 2. The summed E-state index contributed by atoms with van der Waals surface area (Å²) in [5.41, 5.74) is 3.45. The Bertz CT molecular complexity index is 1340. The van der Waals surface area contributed by atoms with E-state index in [-0.39, 0.29) is 27.0 Å². The van der Waals surface area contributed by atoms with Gasteiger partial charge in [-0.2, -0.15) is 0 Å². The summed E-state index contributed by atoms with van der Waals surface area (Å²) in [7, 11) is 2.04. The third kappa shape index (κ3) is 5.58. The fraction of sp³-hybridized carbons (Fsp3) is 0.174. The van der Waals surface area contributed by atoms with E-state index in [0.717, 1.165) is 19.8 Å². The van der Waals surface area contributed by atoms with Crippen molar-refractivity contribution >= 4 is 52.9 Å². The summed E-state index contributed by atoms with van der Waals surface area (Å²) >= 11 is 12.4. The number of aromatic nitrogens is 2. The van der Waals surface area contributed by atoms with Gasteiger partial charge in [-0.25, -0.2) is 20.0 Å². The number of carbonyl (C=O) groups excluding carboxylic acids is 4. The van der Waals surface area contributed by atoms with Crippen molar-refractivity contribution in [1.82, 2.24) is 20.0 Å². The number of amides is 4. The standard InChI is InChI=1S/C23H21Cl2N5O6/c1-12-8-17(29(11-12)19-16(25)6-5-7-26-19)21(32)27-18-13(2)9-14(24)10-15(18)20(31)28-30(22(33)35-3)23(34)36-4/h5-11H,1-4H3,(H,27,32)(H,28,31). The molecule has 0 fully saturated rings. The van der Waals surface area contributed by atoms with Crippen LogP contribution in [0.3, 0.4) is 0 Å². The second-order valence-corrected chi connectivity index (χ2v) is 8.24. The van der Waals surface area contributed by atoms with Gasteiger partial charge in [-0.1, -0.05) is 23.2 Å². The van der Waals surface area contributed by atoms with Crippen molar-refractivity contribution in [2.45, 2.75) is 13.8 Å². The molecule has 2 aromatic heterocycles. The van der Waals surface area contributed by atoms with Gasteiger partial charge in [-0.3, -0.25) is 14.2 Å². The fourth-order valence-corrected chi connectivity index (χ4v) is 3.76. The van der Waals surface area contributed by atoms with Crippen molar-refractivity contribution in [2.75, 3.05) is 19.5 Å². The zero-order valence-electron chi connectivity index (χ0n) is 19.6. The molecule has 1 aromatic carbocycles. The van der Waals surface area contributed by atoms with Crippen LogP contribution in [0.1, 0.15) is 32.0 Å². The minimum atomic E-state index is -1.19. The molecule has 0 unspecified atom stereocenters. The highest BCUT2D eigenvalue weighted by Crippen LogP contribution is 2.28. The summed E-state index contributed by atoms with van der Waals surface area (Å²) in [4.78, 5) is 54.5. The Morgan fingerprint density at radius 1 is 1.00 bits per heavy atom. The molecule has 0 atom stereocenters. The van der Waals surface area contributed by atoms with Crippen molar-refractivity contribution in [3.05, 3.63) is 75.2 Å². The highest BCUT2D eigenvalue weighted by molar-refractivity contribution is 6.32. The van der Waals surface area contributed by atoms with Crippen LogP contribution < -0.4 is 10.7 Å². The predicted octanol–water partition coefficient (Wildman–Crippen LogP) is 4.53. The highest BCUT2D eigenvalue weighted by atomic mass is 35.5. The number of pyridine rings is 1. The van der Waals surface area contributed by atoms with Crippen molar-refractivity contribution in [3.8, 4) is 5.82 Å². The summed E-state index contributed by atoms with van der Waals surface area (Å²) in [6.45, 7) is 3.42. The molecule has 0 aliphatic heterocycles. The lowest BCUT2D eigenvalue weighted by molar-refractivity contribution is 0.0636. The van der Waals surface area contributed by atoms with Crippen LogP contribution in [-0.4, -0.2) is 52.8 Å². The number of imide groups is 1. The fourth-order valence-electron chi connectivity index (χ4n) is 3.28. The number of carbonyl (C=O) groups is 4. The molecule has 3 aromatic rings. The number of nitrogens with one attached hydrogen (secondary N) is 2. The number of anilines is 1. The molecule has 2 N–H and O–H groups in total. The van der Waals surface area contributed by atoms with E-state index in [4.69, 9.17) is 23.2 Å². The number of nitrogens with zero attached hydrogens (tertiary/aromatic N) is 3. The van der Waals surface area contributed by atoms with Crippen molar-refractivity contribution in [1.29, 1.82) is 0 Å². The Balaban J connectivity index is 2.00. The van der Waals surface area contributed by atoms with E-state index in [0.29, 0.717) is 16.4 Å². The third-order valence-electron chi connectivity index (χ3n) is 4.87. The first-order valence-electron chi connectivity index (χ1n) is 10.3. The molecule has 0 radical (unpaired) electrons. The van der Waals surface area contributed by atoms with Crippen LogP contribution >= 0.6 is 23.2 Å². The Hall–Kier alpha value is -4.09. The first-order valence-corrected chi connectivity index (χ1v) is 11.0. The van der Waals surface area contributed by atoms with Crippen LogP contribution in [0.2, 0.25) is 10.0 Å². The number of ether oxygens (including phenoxy) is 2. The predicted molar refractivity (Wildman–Crippen MR) is 132 cm³/mol. The van der Waals surface area contributed by atoms with Gasteiger partial charge in [0.25, 0.3) is 11.8 Å². The number of hydrogen-bond acceptors (Lipinski definition) is 7. The first kappa shape index (κ1) is 26.5. The van der Waals surface area contributed by atoms with E-state index >= 15 is 0 Å². The molecule has 0 aliphatic carbocycles. The van der Waals surface area contributed by atoms with Gasteiger partial charge in [0.1, 0.15) is 5.69 Å². The van der Waals surface area contributed by atoms with Crippen LogP contribution in [0.25, 0.3) is 5.82 Å². The maximum absolute atomic E-state index is 13.3. The molecule has 4 amide bonds. The maximum Gasteiger partial charge on any atom is 0.438 e. The van der Waals surface area contributed by atoms with E-state index < -0.39 is 24.0 Å². The molecule has 0 bridgehead atoms. The SMILES string of the molecule is COC(=O)N(NC(=O)c1cc(Cl)cc(C)c1NC(=O)c1cc(C)cn1-c1ncccc1Cl)C(=O)OC. The van der Waals surface area contributed by atoms with E-state index in [9.17, 15) is 19.2 Å². The lowest BCUT2D eigenvalue weighted by Gasteiger charge is -2.20. The van der Waals surface area contributed by atoms with Gasteiger partial charge < -0.3 is 14.8 Å². The normalized spacial score (nSPS) is 10.4. The zero-order valence-corrected chi connectivity index (χ0v) is 21.1. The van der Waals surface area contributed by atoms with Gasteiger partial charge in [0, 0.05) is 17.4 Å². The van der Waals surface area contributed by atoms with Crippen LogP contribution in [0.5, 0.6) is 0 Å². The highest BCUT2D eigenvalue weighted by Gasteiger charge is 2.28. The van der Waals surface area contributed by atoms with E-state index in [1.54, 1.807) is 44.4 Å². The first-order chi connectivity index (χ1) is 17.1. The third-order valence-corrected chi connectivity index (χ3v) is 5.38. The zero-order chi connectivity index (χ0) is 26.6. The average Bonchev–Trinajstić information content (AvgIpc) is 3.24. The molecular formula is C23H21Cl2N5O6. The number of rotatable bonds is 4. The summed E-state index contributed by atoms with van der Waals surface area (Å²) < 4.78 is 10.5. The van der Waals surface area contributed by atoms with Gasteiger partial charge in [0.05, 0.1) is 30.5 Å². The second kappa shape index (κ2) is 11.1. The molecule has 11 nitrogen and oxygen atoms in total. The van der Waals surface area contributed by atoms with Crippen LogP contribution in [0, 0.1) is 13.8 Å². The minimum Gasteiger partial charge on any atom is -0.451 e. The van der Waals surface area contributed by atoms with E-state index in [1.807, 2.05) is 0 Å². The Kier molecular flexibility index (Phi) is 8.18. The Morgan fingerprint density at radius 3 is 2.28 bits per heavy atom. The maximum atomic E-state index is 13.3. The molecule has 0 spiro atoms.